The third-order valence-electron chi connectivity index (χ3n) is 2.42. The molecule has 2 aromatic heterocycles. The molecule has 0 radical (unpaired) electrons. The van der Waals surface area contributed by atoms with Gasteiger partial charge in [0.1, 0.15) is 11.4 Å². The Labute approximate surface area is 111 Å². The Bertz CT molecular complexity index is 618. The van der Waals surface area contributed by atoms with Crippen LogP contribution in [0.3, 0.4) is 0 Å². The maximum Gasteiger partial charge on any atom is 0.257 e. The van der Waals surface area contributed by atoms with Gasteiger partial charge in [-0.2, -0.15) is 0 Å². The Morgan fingerprint density at radius 2 is 2.28 bits per heavy atom. The van der Waals surface area contributed by atoms with Crippen LogP contribution in [0.25, 0.3) is 0 Å². The third-order valence-corrected chi connectivity index (χ3v) is 3.38. The summed E-state index contributed by atoms with van der Waals surface area (Å²) in [4.78, 5) is 33.4. The zero-order valence-corrected chi connectivity index (χ0v) is 11.2. The van der Waals surface area contributed by atoms with Crippen LogP contribution in [0.2, 0.25) is 0 Å². The largest absolute Gasteiger partial charge is 0.363 e. The van der Waals surface area contributed by atoms with E-state index < -0.39 is 5.91 Å². The predicted octanol–water partition coefficient (Wildman–Crippen LogP) is 1.10. The summed E-state index contributed by atoms with van der Waals surface area (Å²) < 4.78 is 0.369. The molecular formula is C11H11BrN4O2. The van der Waals surface area contributed by atoms with E-state index in [1.165, 1.54) is 6.20 Å². The number of rotatable bonds is 3. The fourth-order valence-corrected chi connectivity index (χ4v) is 1.75. The summed E-state index contributed by atoms with van der Waals surface area (Å²) in [6.45, 7) is 1.99. The standard InChI is InChI=1S/C11H11BrN4O2/c1-6-9(12)10(17)7(4-15-6)11(18)16-5-8-13-2-3-14-8/h2-4H,5H2,1H3,(H,13,14)(H,15,17)(H,16,18). The van der Waals surface area contributed by atoms with Crippen molar-refractivity contribution in [2.24, 2.45) is 0 Å². The highest BCUT2D eigenvalue weighted by Gasteiger charge is 2.13. The molecule has 0 saturated carbocycles. The minimum Gasteiger partial charge on any atom is -0.363 e. The van der Waals surface area contributed by atoms with Gasteiger partial charge in [-0.15, -0.1) is 0 Å². The van der Waals surface area contributed by atoms with E-state index in [1.807, 2.05) is 0 Å². The van der Waals surface area contributed by atoms with Gasteiger partial charge < -0.3 is 15.3 Å². The molecule has 0 saturated heterocycles. The number of amides is 1. The number of pyridine rings is 1. The van der Waals surface area contributed by atoms with Gasteiger partial charge in [0.05, 0.1) is 11.0 Å². The van der Waals surface area contributed by atoms with Crippen molar-refractivity contribution < 1.29 is 4.79 Å². The Kier molecular flexibility index (Phi) is 3.61. The summed E-state index contributed by atoms with van der Waals surface area (Å²) in [5.41, 5.74) is 0.421. The lowest BCUT2D eigenvalue weighted by Gasteiger charge is -2.04. The summed E-state index contributed by atoms with van der Waals surface area (Å²) in [7, 11) is 0. The second-order valence-corrected chi connectivity index (χ2v) is 4.48. The van der Waals surface area contributed by atoms with Gasteiger partial charge in [-0.3, -0.25) is 9.59 Å². The van der Waals surface area contributed by atoms with Crippen molar-refractivity contribution in [2.45, 2.75) is 13.5 Å². The zero-order valence-electron chi connectivity index (χ0n) is 9.58. The average Bonchev–Trinajstić information content (AvgIpc) is 2.86. The molecular weight excluding hydrogens is 300 g/mol. The molecule has 94 valence electrons. The molecule has 1 amide bonds. The molecule has 18 heavy (non-hydrogen) atoms. The monoisotopic (exact) mass is 310 g/mol. The van der Waals surface area contributed by atoms with Crippen molar-refractivity contribution >= 4 is 21.8 Å². The second kappa shape index (κ2) is 5.18. The topological polar surface area (TPSA) is 90.6 Å². The van der Waals surface area contributed by atoms with E-state index >= 15 is 0 Å². The zero-order chi connectivity index (χ0) is 13.1. The van der Waals surface area contributed by atoms with Gasteiger partial charge in [0.15, 0.2) is 0 Å². The van der Waals surface area contributed by atoms with Crippen LogP contribution >= 0.6 is 15.9 Å². The SMILES string of the molecule is Cc1[nH]cc(C(=O)NCc2ncc[nH]2)c(=O)c1Br. The van der Waals surface area contributed by atoms with Crippen molar-refractivity contribution in [1.29, 1.82) is 0 Å². The van der Waals surface area contributed by atoms with Crippen LogP contribution in [0.1, 0.15) is 21.9 Å². The first kappa shape index (κ1) is 12.6. The number of hydrogen-bond acceptors (Lipinski definition) is 3. The highest BCUT2D eigenvalue weighted by atomic mass is 79.9. The molecule has 0 spiro atoms. The van der Waals surface area contributed by atoms with E-state index in [0.29, 0.717) is 16.0 Å². The van der Waals surface area contributed by atoms with E-state index in [0.717, 1.165) is 0 Å². The molecule has 7 heteroatoms. The molecule has 0 aliphatic carbocycles. The van der Waals surface area contributed by atoms with Gasteiger partial charge in [0, 0.05) is 24.3 Å². The van der Waals surface area contributed by atoms with E-state index in [2.05, 4.69) is 36.2 Å². The summed E-state index contributed by atoms with van der Waals surface area (Å²) in [5, 5.41) is 2.62. The number of nitrogens with zero attached hydrogens (tertiary/aromatic N) is 1. The maximum absolute atomic E-state index is 11.8. The summed E-state index contributed by atoms with van der Waals surface area (Å²) in [6, 6.07) is 0. The number of aryl methyl sites for hydroxylation is 1. The van der Waals surface area contributed by atoms with Gasteiger partial charge in [-0.05, 0) is 22.9 Å². The number of hydrogen-bond donors (Lipinski definition) is 3. The van der Waals surface area contributed by atoms with E-state index in [-0.39, 0.29) is 17.5 Å². The average molecular weight is 311 g/mol. The van der Waals surface area contributed by atoms with Crippen LogP contribution in [-0.4, -0.2) is 20.9 Å². The molecule has 0 unspecified atom stereocenters. The van der Waals surface area contributed by atoms with Crippen molar-refractivity contribution in [3.05, 3.63) is 50.4 Å². The summed E-state index contributed by atoms with van der Waals surface area (Å²) in [5.74, 6) is 0.194. The van der Waals surface area contributed by atoms with Crippen LogP contribution in [0.4, 0.5) is 0 Å². The fraction of sp³-hybridized carbons (Fsp3) is 0.182. The molecule has 0 fully saturated rings. The van der Waals surface area contributed by atoms with E-state index in [4.69, 9.17) is 0 Å². The number of nitrogens with one attached hydrogen (secondary N) is 3. The molecule has 0 atom stereocenters. The number of carbonyl (C=O) groups excluding carboxylic acids is 1. The van der Waals surface area contributed by atoms with Gasteiger partial charge in [-0.1, -0.05) is 0 Å². The van der Waals surface area contributed by atoms with Gasteiger partial charge in [0.2, 0.25) is 5.43 Å². The predicted molar refractivity (Wildman–Crippen MR) is 69.3 cm³/mol. The first-order chi connectivity index (χ1) is 8.59. The number of carbonyl (C=O) groups is 1. The lowest BCUT2D eigenvalue weighted by Crippen LogP contribution is -2.29. The van der Waals surface area contributed by atoms with Crippen LogP contribution < -0.4 is 10.7 Å². The third kappa shape index (κ3) is 2.51. The molecule has 6 nitrogen and oxygen atoms in total. The lowest BCUT2D eigenvalue weighted by atomic mass is 10.2. The van der Waals surface area contributed by atoms with Gasteiger partial charge in [-0.25, -0.2) is 4.98 Å². The van der Waals surface area contributed by atoms with Crippen molar-refractivity contribution in [3.8, 4) is 0 Å². The Morgan fingerprint density at radius 1 is 1.50 bits per heavy atom. The first-order valence-electron chi connectivity index (χ1n) is 5.24. The highest BCUT2D eigenvalue weighted by Crippen LogP contribution is 2.08. The molecule has 2 rings (SSSR count). The first-order valence-corrected chi connectivity index (χ1v) is 6.03. The summed E-state index contributed by atoms with van der Waals surface area (Å²) in [6.07, 6.45) is 4.66. The van der Waals surface area contributed by atoms with E-state index in [9.17, 15) is 9.59 Å². The summed E-state index contributed by atoms with van der Waals surface area (Å²) >= 11 is 3.15. The number of imidazole rings is 1. The number of aromatic amines is 2. The normalized spacial score (nSPS) is 10.3. The number of aromatic nitrogens is 3. The number of H-pyrrole nitrogens is 2. The van der Waals surface area contributed by atoms with Crippen molar-refractivity contribution in [3.63, 3.8) is 0 Å². The Hall–Kier alpha value is -1.89. The van der Waals surface area contributed by atoms with Crippen molar-refractivity contribution in [1.82, 2.24) is 20.3 Å². The maximum atomic E-state index is 11.8. The molecule has 0 aliphatic rings. The van der Waals surface area contributed by atoms with E-state index in [1.54, 1.807) is 19.3 Å². The molecule has 0 bridgehead atoms. The smallest absolute Gasteiger partial charge is 0.257 e. The van der Waals surface area contributed by atoms with Crippen LogP contribution in [-0.2, 0) is 6.54 Å². The van der Waals surface area contributed by atoms with Gasteiger partial charge in [0.25, 0.3) is 5.91 Å². The van der Waals surface area contributed by atoms with Crippen LogP contribution in [0.15, 0.2) is 27.9 Å². The molecule has 0 aromatic carbocycles. The molecule has 2 aromatic rings. The van der Waals surface area contributed by atoms with Crippen LogP contribution in [0.5, 0.6) is 0 Å². The molecule has 2 heterocycles. The second-order valence-electron chi connectivity index (χ2n) is 3.69. The van der Waals surface area contributed by atoms with Crippen molar-refractivity contribution in [2.75, 3.05) is 0 Å². The quantitative estimate of drug-likeness (QED) is 0.793. The Balaban J connectivity index is 2.15. The molecule has 3 N–H and O–H groups in total. The minimum atomic E-state index is -0.437. The lowest BCUT2D eigenvalue weighted by molar-refractivity contribution is 0.0948. The Morgan fingerprint density at radius 3 is 2.94 bits per heavy atom. The molecule has 0 aliphatic heterocycles. The van der Waals surface area contributed by atoms with Gasteiger partial charge >= 0.3 is 0 Å². The highest BCUT2D eigenvalue weighted by molar-refractivity contribution is 9.10. The fourth-order valence-electron chi connectivity index (χ4n) is 1.42. The van der Waals surface area contributed by atoms with Crippen LogP contribution in [0, 0.1) is 6.92 Å². The number of halogens is 1. The minimum absolute atomic E-state index is 0.0685.